The number of halogens is 1. The molecule has 1 aromatic rings. The molecule has 1 saturated heterocycles. The lowest BCUT2D eigenvalue weighted by atomic mass is 10.1. The van der Waals surface area contributed by atoms with Gasteiger partial charge in [-0.05, 0) is 38.0 Å². The molecule has 0 aromatic heterocycles. The maximum absolute atomic E-state index is 12.3. The maximum atomic E-state index is 12.3. The van der Waals surface area contributed by atoms with Crippen LogP contribution in [0.4, 0.5) is 5.69 Å². The molecule has 6 heteroatoms. The van der Waals surface area contributed by atoms with Crippen molar-refractivity contribution in [3.8, 4) is 0 Å². The van der Waals surface area contributed by atoms with Gasteiger partial charge in [-0.3, -0.25) is 9.59 Å². The van der Waals surface area contributed by atoms with Crippen LogP contribution in [0.15, 0.2) is 18.2 Å². The fraction of sp³-hybridized carbons (Fsp3) is 0.429. The first-order valence-corrected chi connectivity index (χ1v) is 7.11. The van der Waals surface area contributed by atoms with Gasteiger partial charge in [-0.2, -0.15) is 0 Å². The summed E-state index contributed by atoms with van der Waals surface area (Å²) < 4.78 is 0. The van der Waals surface area contributed by atoms with Crippen LogP contribution in [0.5, 0.6) is 0 Å². The van der Waals surface area contributed by atoms with Gasteiger partial charge in [0.15, 0.2) is 0 Å². The lowest BCUT2D eigenvalue weighted by Crippen LogP contribution is -2.50. The largest absolute Gasteiger partial charge is 0.385 e. The predicted octanol–water partition coefficient (Wildman–Crippen LogP) is 1.78. The van der Waals surface area contributed by atoms with Crippen LogP contribution in [0, 0.1) is 0 Å². The van der Waals surface area contributed by atoms with E-state index in [0.717, 1.165) is 6.42 Å². The fourth-order valence-corrected chi connectivity index (χ4v) is 2.37. The van der Waals surface area contributed by atoms with Gasteiger partial charge in [0, 0.05) is 23.8 Å². The Bertz CT molecular complexity index is 519. The molecule has 3 N–H and O–H groups in total. The van der Waals surface area contributed by atoms with E-state index in [4.69, 9.17) is 11.6 Å². The molecule has 0 saturated carbocycles. The lowest BCUT2D eigenvalue weighted by molar-refractivity contribution is -0.124. The molecular weight excluding hydrogens is 278 g/mol. The molecule has 0 aliphatic carbocycles. The number of rotatable bonds is 4. The number of carbonyl (C=O) groups excluding carboxylic acids is 2. The van der Waals surface area contributed by atoms with E-state index in [9.17, 15) is 9.59 Å². The second-order valence-electron chi connectivity index (χ2n) is 4.68. The van der Waals surface area contributed by atoms with Crippen molar-refractivity contribution in [2.45, 2.75) is 25.8 Å². The SMILES string of the molecule is CCNc1ccc(Cl)cc1C(=O)NC1CCCNC1=O. The van der Waals surface area contributed by atoms with Gasteiger partial charge in [0.1, 0.15) is 6.04 Å². The Labute approximate surface area is 123 Å². The van der Waals surface area contributed by atoms with E-state index < -0.39 is 6.04 Å². The van der Waals surface area contributed by atoms with Gasteiger partial charge in [-0.1, -0.05) is 11.6 Å². The summed E-state index contributed by atoms with van der Waals surface area (Å²) in [4.78, 5) is 24.0. The van der Waals surface area contributed by atoms with Crippen LogP contribution in [0.1, 0.15) is 30.1 Å². The number of anilines is 1. The van der Waals surface area contributed by atoms with Gasteiger partial charge >= 0.3 is 0 Å². The molecule has 1 atom stereocenters. The minimum absolute atomic E-state index is 0.128. The van der Waals surface area contributed by atoms with Gasteiger partial charge in [0.25, 0.3) is 5.91 Å². The van der Waals surface area contributed by atoms with Crippen LogP contribution in [-0.2, 0) is 4.79 Å². The number of amides is 2. The Morgan fingerprint density at radius 2 is 2.30 bits per heavy atom. The Kier molecular flexibility index (Phi) is 4.84. The second-order valence-corrected chi connectivity index (χ2v) is 5.12. The quantitative estimate of drug-likeness (QED) is 0.793. The molecule has 5 nitrogen and oxygen atoms in total. The average Bonchev–Trinajstić information content (AvgIpc) is 2.43. The number of hydrogen-bond donors (Lipinski definition) is 3. The number of hydrogen-bond acceptors (Lipinski definition) is 3. The monoisotopic (exact) mass is 295 g/mol. The molecule has 2 rings (SSSR count). The Balaban J connectivity index is 2.15. The van der Waals surface area contributed by atoms with Crippen molar-refractivity contribution in [2.75, 3.05) is 18.4 Å². The van der Waals surface area contributed by atoms with E-state index in [2.05, 4.69) is 16.0 Å². The molecule has 0 radical (unpaired) electrons. The summed E-state index contributed by atoms with van der Waals surface area (Å²) in [6.07, 6.45) is 1.53. The Morgan fingerprint density at radius 1 is 1.50 bits per heavy atom. The summed E-state index contributed by atoms with van der Waals surface area (Å²) >= 11 is 5.95. The molecule has 1 aliphatic rings. The summed E-state index contributed by atoms with van der Waals surface area (Å²) in [5.41, 5.74) is 1.17. The first-order chi connectivity index (χ1) is 9.61. The molecule has 1 aliphatic heterocycles. The maximum Gasteiger partial charge on any atom is 0.254 e. The first-order valence-electron chi connectivity index (χ1n) is 6.74. The van der Waals surface area contributed by atoms with E-state index >= 15 is 0 Å². The molecule has 1 unspecified atom stereocenters. The van der Waals surface area contributed by atoms with Gasteiger partial charge < -0.3 is 16.0 Å². The van der Waals surface area contributed by atoms with Crippen LogP contribution in [0.2, 0.25) is 5.02 Å². The lowest BCUT2D eigenvalue weighted by Gasteiger charge is -2.23. The van der Waals surface area contributed by atoms with Crippen LogP contribution in [0.25, 0.3) is 0 Å². The van der Waals surface area contributed by atoms with Crippen molar-refractivity contribution in [3.05, 3.63) is 28.8 Å². The van der Waals surface area contributed by atoms with Gasteiger partial charge in [-0.15, -0.1) is 0 Å². The van der Waals surface area contributed by atoms with E-state index in [1.807, 2.05) is 6.92 Å². The van der Waals surface area contributed by atoms with Crippen molar-refractivity contribution in [3.63, 3.8) is 0 Å². The van der Waals surface area contributed by atoms with Gasteiger partial charge in [0.2, 0.25) is 5.91 Å². The molecule has 20 heavy (non-hydrogen) atoms. The molecule has 108 valence electrons. The smallest absolute Gasteiger partial charge is 0.254 e. The van der Waals surface area contributed by atoms with E-state index in [1.54, 1.807) is 18.2 Å². The fourth-order valence-electron chi connectivity index (χ4n) is 2.19. The van der Waals surface area contributed by atoms with Crippen molar-refractivity contribution in [2.24, 2.45) is 0 Å². The highest BCUT2D eigenvalue weighted by Gasteiger charge is 2.24. The normalized spacial score (nSPS) is 18.3. The first kappa shape index (κ1) is 14.7. The molecule has 1 aromatic carbocycles. The average molecular weight is 296 g/mol. The standard InChI is InChI=1S/C14H18ClN3O2/c1-2-16-11-6-5-9(15)8-10(11)13(19)18-12-4-3-7-17-14(12)20/h5-6,8,12,16H,2-4,7H2,1H3,(H,17,20)(H,18,19). The van der Waals surface area contributed by atoms with E-state index in [-0.39, 0.29) is 11.8 Å². The molecule has 1 fully saturated rings. The highest BCUT2D eigenvalue weighted by molar-refractivity contribution is 6.31. The molecule has 1 heterocycles. The van der Waals surface area contributed by atoms with Crippen LogP contribution < -0.4 is 16.0 Å². The number of piperidine rings is 1. The molecule has 2 amide bonds. The van der Waals surface area contributed by atoms with Gasteiger partial charge in [-0.25, -0.2) is 0 Å². The van der Waals surface area contributed by atoms with Gasteiger partial charge in [0.05, 0.1) is 5.56 Å². The van der Waals surface area contributed by atoms with Crippen LogP contribution >= 0.6 is 11.6 Å². The zero-order chi connectivity index (χ0) is 14.5. The molecule has 0 bridgehead atoms. The summed E-state index contributed by atoms with van der Waals surface area (Å²) in [6, 6.07) is 4.63. The number of benzene rings is 1. The number of carbonyl (C=O) groups is 2. The Morgan fingerprint density at radius 3 is 3.00 bits per heavy atom. The topological polar surface area (TPSA) is 70.2 Å². The van der Waals surface area contributed by atoms with Crippen molar-refractivity contribution in [1.29, 1.82) is 0 Å². The minimum Gasteiger partial charge on any atom is -0.385 e. The van der Waals surface area contributed by atoms with Crippen molar-refractivity contribution >= 4 is 29.1 Å². The predicted molar refractivity (Wildman–Crippen MR) is 79.1 cm³/mol. The van der Waals surface area contributed by atoms with Crippen LogP contribution in [0.3, 0.4) is 0 Å². The summed E-state index contributed by atoms with van der Waals surface area (Å²) in [5.74, 6) is -0.415. The van der Waals surface area contributed by atoms with Crippen molar-refractivity contribution < 1.29 is 9.59 Å². The third-order valence-electron chi connectivity index (χ3n) is 3.18. The van der Waals surface area contributed by atoms with E-state index in [1.165, 1.54) is 0 Å². The molecule has 0 spiro atoms. The Hall–Kier alpha value is -1.75. The van der Waals surface area contributed by atoms with E-state index in [0.29, 0.717) is 35.8 Å². The third-order valence-corrected chi connectivity index (χ3v) is 3.42. The highest BCUT2D eigenvalue weighted by atomic mass is 35.5. The highest BCUT2D eigenvalue weighted by Crippen LogP contribution is 2.21. The molecular formula is C14H18ClN3O2. The van der Waals surface area contributed by atoms with Crippen LogP contribution in [-0.4, -0.2) is 30.9 Å². The summed E-state index contributed by atoms with van der Waals surface area (Å²) in [5, 5.41) is 9.11. The third kappa shape index (κ3) is 3.42. The zero-order valence-corrected chi connectivity index (χ0v) is 12.1. The zero-order valence-electron chi connectivity index (χ0n) is 11.3. The minimum atomic E-state index is -0.468. The summed E-state index contributed by atoms with van der Waals surface area (Å²) in [6.45, 7) is 3.32. The second kappa shape index (κ2) is 6.61. The number of nitrogens with one attached hydrogen (secondary N) is 3. The summed E-state index contributed by atoms with van der Waals surface area (Å²) in [7, 11) is 0. The van der Waals surface area contributed by atoms with Crippen molar-refractivity contribution in [1.82, 2.24) is 10.6 Å².